The molecule has 1 aliphatic carbocycles. The normalized spacial score (nSPS) is 14.5. The molecule has 0 aromatic heterocycles. The maximum Gasteiger partial charge on any atom is 0.244 e. The average Bonchev–Trinajstić information content (AvgIpc) is 3.47. The summed E-state index contributed by atoms with van der Waals surface area (Å²) in [7, 11) is -3.82. The Labute approximate surface area is 251 Å². The van der Waals surface area contributed by atoms with E-state index in [1.165, 1.54) is 4.31 Å². The second-order valence-electron chi connectivity index (χ2n) is 11.7. The van der Waals surface area contributed by atoms with E-state index in [0.717, 1.165) is 54.2 Å². The van der Waals surface area contributed by atoms with Gasteiger partial charge in [0.2, 0.25) is 21.8 Å². The molecule has 42 heavy (non-hydrogen) atoms. The summed E-state index contributed by atoms with van der Waals surface area (Å²) in [6.45, 7) is 5.76. The molecule has 1 atom stereocenters. The molecule has 1 saturated carbocycles. The lowest BCUT2D eigenvalue weighted by Crippen LogP contribution is -2.54. The Bertz CT molecular complexity index is 1450. The van der Waals surface area contributed by atoms with Gasteiger partial charge in [-0.1, -0.05) is 105 Å². The molecule has 3 aromatic rings. The molecule has 1 unspecified atom stereocenters. The van der Waals surface area contributed by atoms with Crippen LogP contribution in [-0.2, 0) is 32.6 Å². The van der Waals surface area contributed by atoms with E-state index in [1.807, 2.05) is 87.5 Å². The second-order valence-corrected chi connectivity index (χ2v) is 13.6. The summed E-state index contributed by atoms with van der Waals surface area (Å²) in [5, 5.41) is 3.20. The zero-order valence-corrected chi connectivity index (χ0v) is 25.9. The van der Waals surface area contributed by atoms with Gasteiger partial charge < -0.3 is 10.2 Å². The van der Waals surface area contributed by atoms with Gasteiger partial charge in [0.25, 0.3) is 0 Å². The minimum Gasteiger partial charge on any atom is -0.352 e. The largest absolute Gasteiger partial charge is 0.352 e. The number of rotatable bonds is 12. The quantitative estimate of drug-likeness (QED) is 0.299. The van der Waals surface area contributed by atoms with Crippen molar-refractivity contribution >= 4 is 27.5 Å². The van der Waals surface area contributed by atoms with Gasteiger partial charge in [-0.05, 0) is 48.4 Å². The minimum absolute atomic E-state index is 0.0484. The van der Waals surface area contributed by atoms with Gasteiger partial charge in [0.1, 0.15) is 12.6 Å². The van der Waals surface area contributed by atoms with E-state index in [9.17, 15) is 18.0 Å². The van der Waals surface area contributed by atoms with E-state index in [0.29, 0.717) is 12.1 Å². The molecule has 2 amide bonds. The van der Waals surface area contributed by atoms with Gasteiger partial charge in [-0.15, -0.1) is 0 Å². The third-order valence-corrected chi connectivity index (χ3v) is 9.08. The number of hydrogen-bond acceptors (Lipinski definition) is 4. The third kappa shape index (κ3) is 8.22. The highest BCUT2D eigenvalue weighted by molar-refractivity contribution is 7.92. The van der Waals surface area contributed by atoms with Crippen molar-refractivity contribution in [1.29, 1.82) is 0 Å². The first kappa shape index (κ1) is 31.3. The number of carbonyl (C=O) groups is 2. The van der Waals surface area contributed by atoms with Crippen LogP contribution >= 0.6 is 0 Å². The topological polar surface area (TPSA) is 86.8 Å². The van der Waals surface area contributed by atoms with Gasteiger partial charge in [0.05, 0.1) is 11.9 Å². The fourth-order valence-electron chi connectivity index (χ4n) is 5.61. The van der Waals surface area contributed by atoms with Crippen LogP contribution in [0, 0.1) is 6.92 Å². The highest BCUT2D eigenvalue weighted by Crippen LogP contribution is 2.29. The van der Waals surface area contributed by atoms with E-state index in [1.54, 1.807) is 17.0 Å². The molecule has 224 valence electrons. The van der Waals surface area contributed by atoms with Gasteiger partial charge in [-0.25, -0.2) is 8.42 Å². The molecule has 0 bridgehead atoms. The zero-order valence-electron chi connectivity index (χ0n) is 25.1. The molecule has 0 aliphatic heterocycles. The number of hydrogen-bond donors (Lipinski definition) is 1. The number of nitrogens with zero attached hydrogens (tertiary/aromatic N) is 2. The molecule has 7 nitrogen and oxygen atoms in total. The smallest absolute Gasteiger partial charge is 0.244 e. The Morgan fingerprint density at radius 1 is 0.881 bits per heavy atom. The van der Waals surface area contributed by atoms with Crippen molar-refractivity contribution in [3.05, 3.63) is 101 Å². The van der Waals surface area contributed by atoms with Crippen molar-refractivity contribution in [2.75, 3.05) is 17.1 Å². The maximum absolute atomic E-state index is 14.3. The fraction of sp³-hybridized carbons (Fsp3) is 0.412. The van der Waals surface area contributed by atoms with Crippen molar-refractivity contribution in [2.24, 2.45) is 0 Å². The summed E-state index contributed by atoms with van der Waals surface area (Å²) in [4.78, 5) is 29.9. The van der Waals surface area contributed by atoms with Gasteiger partial charge in [0.15, 0.2) is 0 Å². The lowest BCUT2D eigenvalue weighted by Gasteiger charge is -2.34. The lowest BCUT2D eigenvalue weighted by atomic mass is 10.0. The van der Waals surface area contributed by atoms with Gasteiger partial charge in [0, 0.05) is 19.0 Å². The minimum atomic E-state index is -3.82. The molecule has 0 radical (unpaired) electrons. The molecule has 4 rings (SSSR count). The number of nitrogens with one attached hydrogen (secondary N) is 1. The van der Waals surface area contributed by atoms with Crippen LogP contribution in [0.25, 0.3) is 0 Å². The van der Waals surface area contributed by atoms with Crippen LogP contribution in [0.15, 0.2) is 78.9 Å². The van der Waals surface area contributed by atoms with Crippen LogP contribution in [0.4, 0.5) is 5.69 Å². The maximum atomic E-state index is 14.3. The number of carbonyl (C=O) groups excluding carboxylic acids is 2. The Balaban J connectivity index is 1.75. The highest BCUT2D eigenvalue weighted by Gasteiger charge is 2.34. The monoisotopic (exact) mass is 589 g/mol. The van der Waals surface area contributed by atoms with Crippen LogP contribution in [0.1, 0.15) is 67.7 Å². The molecule has 3 aromatic carbocycles. The summed E-state index contributed by atoms with van der Waals surface area (Å²) in [6.07, 6.45) is 5.42. The molecule has 8 heteroatoms. The van der Waals surface area contributed by atoms with Gasteiger partial charge >= 0.3 is 0 Å². The predicted molar refractivity (Wildman–Crippen MR) is 169 cm³/mol. The third-order valence-electron chi connectivity index (χ3n) is 7.95. The van der Waals surface area contributed by atoms with E-state index in [-0.39, 0.29) is 24.4 Å². The van der Waals surface area contributed by atoms with Crippen LogP contribution in [0.5, 0.6) is 0 Å². The van der Waals surface area contributed by atoms with Crippen molar-refractivity contribution < 1.29 is 18.0 Å². The molecule has 0 spiro atoms. The molecule has 1 N–H and O–H groups in total. The zero-order chi connectivity index (χ0) is 30.3. The molecule has 1 fully saturated rings. The van der Waals surface area contributed by atoms with E-state index < -0.39 is 28.5 Å². The Kier molecular flexibility index (Phi) is 10.4. The van der Waals surface area contributed by atoms with Crippen LogP contribution < -0.4 is 9.62 Å². The Morgan fingerprint density at radius 2 is 1.50 bits per heavy atom. The first-order valence-corrected chi connectivity index (χ1v) is 16.6. The summed E-state index contributed by atoms with van der Waals surface area (Å²) in [5.74, 6) is -0.589. The van der Waals surface area contributed by atoms with Crippen LogP contribution in [0.3, 0.4) is 0 Å². The summed E-state index contributed by atoms with van der Waals surface area (Å²) in [6, 6.07) is 24.1. The molecule has 0 saturated heterocycles. The average molecular weight is 590 g/mol. The fourth-order valence-corrected chi connectivity index (χ4v) is 6.48. The van der Waals surface area contributed by atoms with Crippen molar-refractivity contribution in [3.8, 4) is 0 Å². The van der Waals surface area contributed by atoms with Crippen molar-refractivity contribution in [1.82, 2.24) is 10.2 Å². The number of amides is 2. The number of benzene rings is 3. The number of para-hydroxylation sites is 1. The van der Waals surface area contributed by atoms with Gasteiger partial charge in [-0.3, -0.25) is 13.9 Å². The Morgan fingerprint density at radius 3 is 2.12 bits per heavy atom. The molecule has 1 aliphatic rings. The highest BCUT2D eigenvalue weighted by atomic mass is 32.2. The van der Waals surface area contributed by atoms with Crippen LogP contribution in [0.2, 0.25) is 0 Å². The van der Waals surface area contributed by atoms with E-state index in [2.05, 4.69) is 5.32 Å². The van der Waals surface area contributed by atoms with Crippen molar-refractivity contribution in [3.63, 3.8) is 0 Å². The first-order chi connectivity index (χ1) is 20.0. The summed E-state index contributed by atoms with van der Waals surface area (Å²) in [5.41, 5.74) is 4.20. The Hall–Kier alpha value is -3.65. The molecular weight excluding hydrogens is 546 g/mol. The van der Waals surface area contributed by atoms with E-state index in [4.69, 9.17) is 0 Å². The molecular formula is C34H43N3O4S. The van der Waals surface area contributed by atoms with Gasteiger partial charge in [-0.2, -0.15) is 0 Å². The second kappa shape index (κ2) is 14.0. The van der Waals surface area contributed by atoms with E-state index >= 15 is 0 Å². The first-order valence-electron chi connectivity index (χ1n) is 14.8. The van der Waals surface area contributed by atoms with Crippen molar-refractivity contribution in [2.45, 2.75) is 77.4 Å². The predicted octanol–water partition coefficient (Wildman–Crippen LogP) is 5.58. The number of sulfonamides is 1. The SMILES string of the molecule is Cc1ccc(CN(C(=O)CN(c2ccccc2C(C)C)S(C)(=O)=O)C(Cc2ccccc2)C(=O)NC2CCCC2)cc1. The number of anilines is 1. The summed E-state index contributed by atoms with van der Waals surface area (Å²) >= 11 is 0. The molecule has 0 heterocycles. The number of aryl methyl sites for hydroxylation is 1. The standard InChI is InChI=1S/C34H43N3O4S/c1-25(2)30-16-10-11-17-31(30)37(42(4,40)41)24-33(38)36(23-28-20-18-26(3)19-21-28)32(22-27-12-6-5-7-13-27)34(39)35-29-14-8-9-15-29/h5-7,10-13,16-21,25,29,32H,8-9,14-15,22-24H2,1-4H3,(H,35,39). The summed E-state index contributed by atoms with van der Waals surface area (Å²) < 4.78 is 27.5. The van der Waals surface area contributed by atoms with Crippen LogP contribution in [-0.4, -0.2) is 50.0 Å². The lowest BCUT2D eigenvalue weighted by molar-refractivity contribution is -0.140.